The molecular formula is C16H18F3NO2. The number of alkyl halides is 3. The molecule has 22 heavy (non-hydrogen) atoms. The molecule has 1 N–H and O–H groups in total. The first-order chi connectivity index (χ1) is 9.96. The number of halogens is 3. The molecule has 1 heterocycles. The van der Waals surface area contributed by atoms with E-state index in [1.807, 2.05) is 13.8 Å². The summed E-state index contributed by atoms with van der Waals surface area (Å²) in [6.45, 7) is 6.79. The lowest BCUT2D eigenvalue weighted by molar-refractivity contribution is -0.142. The molecule has 0 atom stereocenters. The van der Waals surface area contributed by atoms with Crippen molar-refractivity contribution in [3.05, 3.63) is 35.5 Å². The molecule has 6 heteroatoms. The number of rotatable bonds is 3. The van der Waals surface area contributed by atoms with E-state index in [4.69, 9.17) is 0 Å². The molecule has 0 spiro atoms. The quantitative estimate of drug-likeness (QED) is 0.899. The average Bonchev–Trinajstić information content (AvgIpc) is 2.76. The number of carbonyl (C=O) groups is 1. The summed E-state index contributed by atoms with van der Waals surface area (Å²) in [7, 11) is 0. The highest BCUT2D eigenvalue weighted by Crippen LogP contribution is 2.37. The molecule has 0 aliphatic heterocycles. The number of aromatic nitrogens is 1. The van der Waals surface area contributed by atoms with Crippen molar-refractivity contribution in [2.24, 2.45) is 0 Å². The summed E-state index contributed by atoms with van der Waals surface area (Å²) in [6.07, 6.45) is -2.79. The monoisotopic (exact) mass is 313 g/mol. The molecule has 0 fully saturated rings. The van der Waals surface area contributed by atoms with Crippen molar-refractivity contribution < 1.29 is 23.1 Å². The van der Waals surface area contributed by atoms with E-state index in [9.17, 15) is 23.1 Å². The van der Waals surface area contributed by atoms with E-state index < -0.39 is 23.1 Å². The maximum Gasteiger partial charge on any atom is 0.416 e. The normalized spacial score (nSPS) is 13.1. The van der Waals surface area contributed by atoms with Crippen molar-refractivity contribution in [1.82, 2.24) is 4.57 Å². The van der Waals surface area contributed by atoms with Crippen LogP contribution in [0.2, 0.25) is 0 Å². The number of nitrogens with zero attached hydrogens (tertiary/aromatic N) is 1. The standard InChI is InChI=1S/C16H18F3NO2/c1-9(2)20-8-12(15(3,4)14(21)22)11-6-5-10(7-13(11)20)16(17,18)19/h5-9H,1-4H3,(H,21,22). The fourth-order valence-corrected chi connectivity index (χ4v) is 2.47. The Hall–Kier alpha value is -1.98. The van der Waals surface area contributed by atoms with E-state index in [1.165, 1.54) is 6.07 Å². The highest BCUT2D eigenvalue weighted by atomic mass is 19.4. The summed E-state index contributed by atoms with van der Waals surface area (Å²) in [4.78, 5) is 11.5. The number of hydrogen-bond donors (Lipinski definition) is 1. The van der Waals surface area contributed by atoms with Gasteiger partial charge in [0.15, 0.2) is 0 Å². The first-order valence-corrected chi connectivity index (χ1v) is 6.92. The lowest BCUT2D eigenvalue weighted by Crippen LogP contribution is -2.28. The third-order valence-electron chi connectivity index (χ3n) is 3.93. The van der Waals surface area contributed by atoms with Crippen molar-refractivity contribution in [2.75, 3.05) is 0 Å². The summed E-state index contributed by atoms with van der Waals surface area (Å²) in [6, 6.07) is 3.35. The van der Waals surface area contributed by atoms with Gasteiger partial charge in [0, 0.05) is 23.1 Å². The van der Waals surface area contributed by atoms with E-state index in [-0.39, 0.29) is 6.04 Å². The van der Waals surface area contributed by atoms with Crippen molar-refractivity contribution in [3.8, 4) is 0 Å². The molecule has 1 aromatic carbocycles. The Labute approximate surface area is 126 Å². The number of carboxylic acids is 1. The number of hydrogen-bond acceptors (Lipinski definition) is 1. The van der Waals surface area contributed by atoms with Crippen LogP contribution in [0.25, 0.3) is 10.9 Å². The minimum absolute atomic E-state index is 0.0793. The second kappa shape index (κ2) is 5.04. The van der Waals surface area contributed by atoms with Gasteiger partial charge < -0.3 is 9.67 Å². The minimum Gasteiger partial charge on any atom is -0.481 e. The van der Waals surface area contributed by atoms with Gasteiger partial charge in [-0.3, -0.25) is 4.79 Å². The summed E-state index contributed by atoms with van der Waals surface area (Å²) in [5, 5.41) is 9.93. The van der Waals surface area contributed by atoms with Crippen LogP contribution >= 0.6 is 0 Å². The molecule has 0 amide bonds. The van der Waals surface area contributed by atoms with Gasteiger partial charge in [-0.25, -0.2) is 0 Å². The van der Waals surface area contributed by atoms with Crippen LogP contribution in [-0.4, -0.2) is 15.6 Å². The highest BCUT2D eigenvalue weighted by molar-refractivity contribution is 5.92. The minimum atomic E-state index is -4.43. The number of fused-ring (bicyclic) bond motifs is 1. The zero-order valence-electron chi connectivity index (χ0n) is 12.8. The molecule has 0 unspecified atom stereocenters. The van der Waals surface area contributed by atoms with Gasteiger partial charge >= 0.3 is 12.1 Å². The second-order valence-electron chi connectivity index (χ2n) is 6.20. The molecule has 2 aromatic rings. The van der Waals surface area contributed by atoms with Crippen LogP contribution < -0.4 is 0 Å². The number of carboxylic acid groups (broad SMARTS) is 1. The molecule has 3 nitrogen and oxygen atoms in total. The van der Waals surface area contributed by atoms with E-state index in [2.05, 4.69) is 0 Å². The molecule has 0 saturated heterocycles. The molecule has 0 radical (unpaired) electrons. The van der Waals surface area contributed by atoms with Crippen LogP contribution in [0.1, 0.15) is 44.9 Å². The van der Waals surface area contributed by atoms with E-state index >= 15 is 0 Å². The summed E-state index contributed by atoms with van der Waals surface area (Å²) < 4.78 is 40.4. The van der Waals surface area contributed by atoms with Crippen molar-refractivity contribution in [1.29, 1.82) is 0 Å². The Morgan fingerprint density at radius 1 is 1.23 bits per heavy atom. The van der Waals surface area contributed by atoms with Crippen LogP contribution in [0.4, 0.5) is 13.2 Å². The topological polar surface area (TPSA) is 42.2 Å². The van der Waals surface area contributed by atoms with Gasteiger partial charge in [-0.1, -0.05) is 6.07 Å². The predicted molar refractivity (Wildman–Crippen MR) is 78.0 cm³/mol. The first-order valence-electron chi connectivity index (χ1n) is 6.92. The maximum atomic E-state index is 12.9. The Morgan fingerprint density at radius 2 is 1.82 bits per heavy atom. The summed E-state index contributed by atoms with van der Waals surface area (Å²) >= 11 is 0. The third-order valence-corrected chi connectivity index (χ3v) is 3.93. The molecule has 1 aromatic heterocycles. The lowest BCUT2D eigenvalue weighted by atomic mass is 9.84. The second-order valence-corrected chi connectivity index (χ2v) is 6.20. The molecule has 2 rings (SSSR count). The zero-order valence-corrected chi connectivity index (χ0v) is 12.8. The maximum absolute atomic E-state index is 12.9. The SMILES string of the molecule is CC(C)n1cc(C(C)(C)C(=O)O)c2ccc(C(F)(F)F)cc21. The van der Waals surface area contributed by atoms with Crippen LogP contribution in [0, 0.1) is 0 Å². The molecule has 0 aliphatic rings. The largest absolute Gasteiger partial charge is 0.481 e. The summed E-state index contributed by atoms with van der Waals surface area (Å²) in [5.41, 5.74) is -1.01. The van der Waals surface area contributed by atoms with Gasteiger partial charge in [-0.2, -0.15) is 13.2 Å². The first kappa shape index (κ1) is 16.4. The summed E-state index contributed by atoms with van der Waals surface area (Å²) in [5.74, 6) is -1.02. The highest BCUT2D eigenvalue weighted by Gasteiger charge is 2.35. The van der Waals surface area contributed by atoms with Crippen molar-refractivity contribution >= 4 is 16.9 Å². The van der Waals surface area contributed by atoms with Crippen LogP contribution in [-0.2, 0) is 16.4 Å². The average molecular weight is 313 g/mol. The fraction of sp³-hybridized carbons (Fsp3) is 0.438. The molecular weight excluding hydrogens is 295 g/mol. The van der Waals surface area contributed by atoms with Crippen molar-refractivity contribution in [3.63, 3.8) is 0 Å². The van der Waals surface area contributed by atoms with E-state index in [0.717, 1.165) is 12.1 Å². The van der Waals surface area contributed by atoms with Crippen molar-refractivity contribution in [2.45, 2.75) is 45.3 Å². The fourth-order valence-electron chi connectivity index (χ4n) is 2.47. The van der Waals surface area contributed by atoms with Crippen LogP contribution in [0.5, 0.6) is 0 Å². The van der Waals surface area contributed by atoms with Gasteiger partial charge in [0.2, 0.25) is 0 Å². The Kier molecular flexibility index (Phi) is 3.75. The lowest BCUT2D eigenvalue weighted by Gasteiger charge is -2.18. The smallest absolute Gasteiger partial charge is 0.416 e. The predicted octanol–water partition coefficient (Wildman–Crippen LogP) is 4.60. The molecule has 0 bridgehead atoms. The van der Waals surface area contributed by atoms with Gasteiger partial charge in [0.25, 0.3) is 0 Å². The van der Waals surface area contributed by atoms with E-state index in [1.54, 1.807) is 24.6 Å². The third kappa shape index (κ3) is 2.58. The Bertz CT molecular complexity index is 727. The number of aliphatic carboxylic acids is 1. The Morgan fingerprint density at radius 3 is 2.27 bits per heavy atom. The van der Waals surface area contributed by atoms with Gasteiger partial charge in [-0.05, 0) is 45.4 Å². The van der Waals surface area contributed by atoms with E-state index in [0.29, 0.717) is 16.5 Å². The van der Waals surface area contributed by atoms with Gasteiger partial charge in [-0.15, -0.1) is 0 Å². The Balaban J connectivity index is 2.80. The molecule has 0 aliphatic carbocycles. The van der Waals surface area contributed by atoms with Gasteiger partial charge in [0.1, 0.15) is 0 Å². The van der Waals surface area contributed by atoms with Crippen LogP contribution in [0.15, 0.2) is 24.4 Å². The number of benzene rings is 1. The molecule has 120 valence electrons. The zero-order chi connectivity index (χ0) is 16.9. The van der Waals surface area contributed by atoms with Gasteiger partial charge in [0.05, 0.1) is 11.0 Å². The molecule has 0 saturated carbocycles. The van der Waals surface area contributed by atoms with Crippen LogP contribution in [0.3, 0.4) is 0 Å².